The maximum atomic E-state index is 13.2. The van der Waals surface area contributed by atoms with Crippen molar-refractivity contribution in [3.8, 4) is 0 Å². The Hall–Kier alpha value is -1.59. The number of halogens is 3. The van der Waals surface area contributed by atoms with Crippen LogP contribution in [0.2, 0.25) is 5.02 Å². The summed E-state index contributed by atoms with van der Waals surface area (Å²) in [6.45, 7) is 0.421. The van der Waals surface area contributed by atoms with Crippen molar-refractivity contribution in [1.29, 1.82) is 0 Å². The van der Waals surface area contributed by atoms with Gasteiger partial charge < -0.3 is 11.1 Å². The van der Waals surface area contributed by atoms with Crippen molar-refractivity contribution in [3.63, 3.8) is 0 Å². The maximum Gasteiger partial charge on any atom is 0.250 e. The van der Waals surface area contributed by atoms with Crippen molar-refractivity contribution in [1.82, 2.24) is 0 Å². The zero-order valence-corrected chi connectivity index (χ0v) is 12.6. The van der Waals surface area contributed by atoms with Gasteiger partial charge in [0.05, 0.1) is 10.6 Å². The van der Waals surface area contributed by atoms with Gasteiger partial charge in [-0.2, -0.15) is 0 Å². The first kappa shape index (κ1) is 14.8. The molecule has 1 amide bonds. The quantitative estimate of drug-likeness (QED) is 0.870. The highest BCUT2D eigenvalue weighted by Crippen LogP contribution is 2.23. The first-order valence-electron chi connectivity index (χ1n) is 5.74. The van der Waals surface area contributed by atoms with E-state index < -0.39 is 5.91 Å². The summed E-state index contributed by atoms with van der Waals surface area (Å²) < 4.78 is 14.0. The number of carbonyl (C=O) groups is 1. The van der Waals surface area contributed by atoms with Crippen molar-refractivity contribution in [2.24, 2.45) is 5.73 Å². The number of hydrogen-bond acceptors (Lipinski definition) is 2. The summed E-state index contributed by atoms with van der Waals surface area (Å²) in [5.41, 5.74) is 6.94. The number of hydrogen-bond donors (Lipinski definition) is 2. The van der Waals surface area contributed by atoms with Crippen LogP contribution in [-0.2, 0) is 6.54 Å². The van der Waals surface area contributed by atoms with Gasteiger partial charge in [-0.3, -0.25) is 4.79 Å². The van der Waals surface area contributed by atoms with E-state index >= 15 is 0 Å². The molecular formula is C14H11BrClFN2O. The van der Waals surface area contributed by atoms with Crippen molar-refractivity contribution in [2.75, 3.05) is 5.32 Å². The van der Waals surface area contributed by atoms with Gasteiger partial charge in [-0.25, -0.2) is 4.39 Å². The fraction of sp³-hybridized carbons (Fsp3) is 0.0714. The molecule has 6 heteroatoms. The molecule has 0 bridgehead atoms. The number of amides is 1. The molecule has 0 atom stereocenters. The zero-order valence-electron chi connectivity index (χ0n) is 10.3. The molecule has 0 fully saturated rings. The second-order valence-electron chi connectivity index (χ2n) is 4.15. The largest absolute Gasteiger partial charge is 0.381 e. The summed E-state index contributed by atoms with van der Waals surface area (Å²) in [4.78, 5) is 11.1. The third-order valence-corrected chi connectivity index (χ3v) is 3.81. The predicted molar refractivity (Wildman–Crippen MR) is 81.4 cm³/mol. The van der Waals surface area contributed by atoms with Crippen LogP contribution in [0.3, 0.4) is 0 Å². The van der Waals surface area contributed by atoms with Crippen molar-refractivity contribution in [2.45, 2.75) is 6.54 Å². The van der Waals surface area contributed by atoms with Crippen LogP contribution < -0.4 is 11.1 Å². The molecule has 104 valence electrons. The normalized spacial score (nSPS) is 10.3. The molecule has 2 rings (SSSR count). The summed E-state index contributed by atoms with van der Waals surface area (Å²) in [5.74, 6) is -0.874. The summed E-state index contributed by atoms with van der Waals surface area (Å²) >= 11 is 9.31. The maximum absolute atomic E-state index is 13.2. The lowest BCUT2D eigenvalue weighted by Gasteiger charge is -2.10. The third-order valence-electron chi connectivity index (χ3n) is 2.73. The second kappa shape index (κ2) is 6.24. The fourth-order valence-electron chi connectivity index (χ4n) is 1.70. The van der Waals surface area contributed by atoms with Crippen LogP contribution in [-0.4, -0.2) is 5.91 Å². The molecule has 0 aromatic heterocycles. The Bertz CT molecular complexity index is 664. The Labute approximate surface area is 129 Å². The number of nitrogens with one attached hydrogen (secondary N) is 1. The van der Waals surface area contributed by atoms with E-state index in [0.29, 0.717) is 6.54 Å². The van der Waals surface area contributed by atoms with Gasteiger partial charge in [0.15, 0.2) is 0 Å². The Balaban J connectivity index is 2.13. The Kier molecular flexibility index (Phi) is 4.62. The second-order valence-corrected chi connectivity index (χ2v) is 5.41. The Morgan fingerprint density at radius 1 is 1.30 bits per heavy atom. The van der Waals surface area contributed by atoms with Gasteiger partial charge >= 0.3 is 0 Å². The molecule has 0 aliphatic heterocycles. The van der Waals surface area contributed by atoms with Gasteiger partial charge in [-0.05, 0) is 42.0 Å². The zero-order chi connectivity index (χ0) is 14.7. The van der Waals surface area contributed by atoms with Crippen molar-refractivity contribution >= 4 is 39.1 Å². The molecule has 0 spiro atoms. The Morgan fingerprint density at radius 3 is 2.70 bits per heavy atom. The van der Waals surface area contributed by atoms with E-state index in [0.717, 1.165) is 15.7 Å². The van der Waals surface area contributed by atoms with E-state index in [1.54, 1.807) is 24.3 Å². The van der Waals surface area contributed by atoms with E-state index in [1.165, 1.54) is 12.1 Å². The van der Waals surface area contributed by atoms with E-state index in [-0.39, 0.29) is 16.4 Å². The lowest BCUT2D eigenvalue weighted by Crippen LogP contribution is -2.11. The van der Waals surface area contributed by atoms with Crippen LogP contribution in [0.25, 0.3) is 0 Å². The molecule has 0 heterocycles. The fourth-order valence-corrected chi connectivity index (χ4v) is 2.36. The van der Waals surface area contributed by atoms with E-state index in [9.17, 15) is 9.18 Å². The summed E-state index contributed by atoms with van der Waals surface area (Å²) in [5, 5.41) is 3.38. The lowest BCUT2D eigenvalue weighted by atomic mass is 10.2. The number of nitrogens with two attached hydrogens (primary N) is 1. The number of carbonyl (C=O) groups excluding carboxylic acids is 1. The molecule has 0 aliphatic carbocycles. The van der Waals surface area contributed by atoms with Gasteiger partial charge in [0, 0.05) is 16.7 Å². The molecule has 0 aliphatic rings. The highest BCUT2D eigenvalue weighted by molar-refractivity contribution is 9.10. The first-order chi connectivity index (χ1) is 9.47. The molecular weight excluding hydrogens is 347 g/mol. The minimum atomic E-state index is -0.575. The molecule has 0 saturated heterocycles. The topological polar surface area (TPSA) is 55.1 Å². The van der Waals surface area contributed by atoms with Crippen molar-refractivity contribution in [3.05, 3.63) is 62.8 Å². The highest BCUT2D eigenvalue weighted by Gasteiger charge is 2.07. The highest BCUT2D eigenvalue weighted by atomic mass is 79.9. The average Bonchev–Trinajstić information content (AvgIpc) is 2.39. The van der Waals surface area contributed by atoms with E-state index in [1.807, 2.05) is 0 Å². The standard InChI is InChI=1S/C14H11BrClFN2O/c15-12-4-1-9(17)5-8(12)7-19-10-2-3-11(14(18)20)13(16)6-10/h1-6,19H,7H2,(H2,18,20). The summed E-state index contributed by atoms with van der Waals surface area (Å²) in [6.07, 6.45) is 0. The van der Waals surface area contributed by atoms with Gasteiger partial charge in [0.25, 0.3) is 0 Å². The minimum absolute atomic E-state index is 0.268. The number of anilines is 1. The van der Waals surface area contributed by atoms with Gasteiger partial charge in [-0.1, -0.05) is 27.5 Å². The van der Waals surface area contributed by atoms with Crippen LogP contribution >= 0.6 is 27.5 Å². The number of primary amides is 1. The minimum Gasteiger partial charge on any atom is -0.381 e. The third kappa shape index (κ3) is 3.49. The summed E-state index contributed by atoms with van der Waals surface area (Å²) in [7, 11) is 0. The molecule has 2 aromatic rings. The van der Waals surface area contributed by atoms with Crippen LogP contribution in [0, 0.1) is 5.82 Å². The SMILES string of the molecule is NC(=O)c1ccc(NCc2cc(F)ccc2Br)cc1Cl. The molecule has 2 aromatic carbocycles. The van der Waals surface area contributed by atoms with Crippen LogP contribution in [0.4, 0.5) is 10.1 Å². The number of rotatable bonds is 4. The average molecular weight is 358 g/mol. The predicted octanol–water partition coefficient (Wildman–Crippen LogP) is 3.95. The van der Waals surface area contributed by atoms with Crippen LogP contribution in [0.5, 0.6) is 0 Å². The molecule has 3 nitrogen and oxygen atoms in total. The monoisotopic (exact) mass is 356 g/mol. The summed E-state index contributed by atoms with van der Waals surface area (Å²) in [6, 6.07) is 9.32. The first-order valence-corrected chi connectivity index (χ1v) is 6.91. The van der Waals surface area contributed by atoms with Crippen LogP contribution in [0.1, 0.15) is 15.9 Å². The van der Waals surface area contributed by atoms with Gasteiger partial charge in [0.1, 0.15) is 5.82 Å². The number of benzene rings is 2. The smallest absolute Gasteiger partial charge is 0.250 e. The van der Waals surface area contributed by atoms with E-state index in [2.05, 4.69) is 21.2 Å². The molecule has 0 saturated carbocycles. The molecule has 20 heavy (non-hydrogen) atoms. The molecule has 0 unspecified atom stereocenters. The van der Waals surface area contributed by atoms with E-state index in [4.69, 9.17) is 17.3 Å². The van der Waals surface area contributed by atoms with Gasteiger partial charge in [-0.15, -0.1) is 0 Å². The van der Waals surface area contributed by atoms with Gasteiger partial charge in [0.2, 0.25) is 5.91 Å². The van der Waals surface area contributed by atoms with Crippen LogP contribution in [0.15, 0.2) is 40.9 Å². The Morgan fingerprint density at radius 2 is 2.05 bits per heavy atom. The lowest BCUT2D eigenvalue weighted by molar-refractivity contribution is 0.100. The van der Waals surface area contributed by atoms with Crippen molar-refractivity contribution < 1.29 is 9.18 Å². The molecule has 0 radical (unpaired) electrons. The molecule has 3 N–H and O–H groups in total.